The number of benzene rings is 1. The van der Waals surface area contributed by atoms with Crippen molar-refractivity contribution in [2.24, 2.45) is 0 Å². The Morgan fingerprint density at radius 2 is 1.90 bits per heavy atom. The fraction of sp³-hybridized carbons (Fsp3) is 0.250. The Balaban J connectivity index is 2.22. The predicted octanol–water partition coefficient (Wildman–Crippen LogP) is 5.13. The third kappa shape index (κ3) is 4.47. The molecule has 11 heteroatoms. The zero-order valence-corrected chi connectivity index (χ0v) is 17.7. The zero-order valence-electron chi connectivity index (χ0n) is 16.2. The molecule has 0 aliphatic rings. The highest BCUT2D eigenvalue weighted by molar-refractivity contribution is 6.38. The molecular weight excluding hydrogens is 460 g/mol. The van der Waals surface area contributed by atoms with Gasteiger partial charge in [-0.25, -0.2) is 9.78 Å². The van der Waals surface area contributed by atoms with Crippen LogP contribution < -0.4 is 0 Å². The summed E-state index contributed by atoms with van der Waals surface area (Å²) in [5, 5.41) is 9.88. The topological polar surface area (TPSA) is 81.4 Å². The van der Waals surface area contributed by atoms with E-state index < -0.39 is 30.4 Å². The number of ether oxygens (including phenoxy) is 1. The van der Waals surface area contributed by atoms with Gasteiger partial charge in [-0.2, -0.15) is 13.2 Å². The molecule has 0 atom stereocenters. The molecule has 31 heavy (non-hydrogen) atoms. The molecule has 3 rings (SSSR count). The summed E-state index contributed by atoms with van der Waals surface area (Å²) in [6.45, 7) is 0.852. The number of rotatable bonds is 5. The molecule has 6 nitrogen and oxygen atoms in total. The number of esters is 1. The molecule has 0 aliphatic heterocycles. The lowest BCUT2D eigenvalue weighted by atomic mass is 10.1. The number of nitrogens with zero attached hydrogens (tertiary/aromatic N) is 2. The van der Waals surface area contributed by atoms with E-state index in [1.807, 2.05) is 0 Å². The molecular formula is C20H15Cl2F3N2O4. The smallest absolute Gasteiger partial charge is 0.433 e. The number of carboxylic acid groups (broad SMARTS) is 1. The Morgan fingerprint density at radius 3 is 2.48 bits per heavy atom. The van der Waals surface area contributed by atoms with Gasteiger partial charge in [-0.15, -0.1) is 0 Å². The second kappa shape index (κ2) is 8.39. The second-order valence-electron chi connectivity index (χ2n) is 6.73. The molecule has 0 bridgehead atoms. The van der Waals surface area contributed by atoms with Gasteiger partial charge in [0.25, 0.3) is 0 Å². The Labute approximate surface area is 184 Å². The van der Waals surface area contributed by atoms with Crippen molar-refractivity contribution in [2.45, 2.75) is 26.1 Å². The summed E-state index contributed by atoms with van der Waals surface area (Å²) in [4.78, 5) is 27.0. The van der Waals surface area contributed by atoms with Gasteiger partial charge in [0.2, 0.25) is 0 Å². The molecule has 0 radical (unpaired) electrons. The summed E-state index contributed by atoms with van der Waals surface area (Å²) >= 11 is 12.6. The molecule has 3 aromatic rings. The largest absolute Gasteiger partial charge is 0.480 e. The van der Waals surface area contributed by atoms with Crippen molar-refractivity contribution in [2.75, 3.05) is 7.11 Å². The SMILES string of the molecule is COC(=O)c1ccc(Cl)c(Cc2cc3c(C)cc(C(F)(F)F)nc3n2CC(=O)O)c1Cl. The van der Waals surface area contributed by atoms with Gasteiger partial charge in [-0.05, 0) is 42.3 Å². The van der Waals surface area contributed by atoms with E-state index in [1.54, 1.807) is 0 Å². The number of aryl methyl sites for hydroxylation is 1. The minimum atomic E-state index is -4.70. The van der Waals surface area contributed by atoms with Crippen molar-refractivity contribution < 1.29 is 32.6 Å². The van der Waals surface area contributed by atoms with E-state index in [9.17, 15) is 27.9 Å². The number of fused-ring (bicyclic) bond motifs is 1. The molecule has 0 saturated carbocycles. The van der Waals surface area contributed by atoms with Crippen LogP contribution in [0.4, 0.5) is 13.2 Å². The van der Waals surface area contributed by atoms with Crippen LogP contribution in [0.5, 0.6) is 0 Å². The number of methoxy groups -OCH3 is 1. The molecule has 164 valence electrons. The quantitative estimate of drug-likeness (QED) is 0.518. The van der Waals surface area contributed by atoms with Gasteiger partial charge in [0, 0.05) is 22.5 Å². The number of carbonyl (C=O) groups is 2. The van der Waals surface area contributed by atoms with Crippen LogP contribution in [0.2, 0.25) is 10.0 Å². The van der Waals surface area contributed by atoms with Gasteiger partial charge in [0.05, 0.1) is 17.7 Å². The highest BCUT2D eigenvalue weighted by Gasteiger charge is 2.34. The van der Waals surface area contributed by atoms with E-state index in [0.29, 0.717) is 16.6 Å². The van der Waals surface area contributed by atoms with Crippen LogP contribution in [0.25, 0.3) is 11.0 Å². The third-order valence-electron chi connectivity index (χ3n) is 4.69. The molecule has 0 saturated heterocycles. The van der Waals surface area contributed by atoms with Crippen LogP contribution in [-0.4, -0.2) is 33.7 Å². The summed E-state index contributed by atoms with van der Waals surface area (Å²) in [5.74, 6) is -1.96. The van der Waals surface area contributed by atoms with Gasteiger partial charge in [-0.3, -0.25) is 4.79 Å². The summed E-state index contributed by atoms with van der Waals surface area (Å²) in [7, 11) is 1.18. The lowest BCUT2D eigenvalue weighted by Gasteiger charge is -2.13. The van der Waals surface area contributed by atoms with E-state index >= 15 is 0 Å². The minimum absolute atomic E-state index is 0.00661. The van der Waals surface area contributed by atoms with E-state index in [2.05, 4.69) is 9.72 Å². The van der Waals surface area contributed by atoms with Crippen LogP contribution in [0.15, 0.2) is 24.3 Å². The van der Waals surface area contributed by atoms with Crippen LogP contribution in [0.3, 0.4) is 0 Å². The van der Waals surface area contributed by atoms with Gasteiger partial charge in [0.1, 0.15) is 17.9 Å². The fourth-order valence-electron chi connectivity index (χ4n) is 3.24. The van der Waals surface area contributed by atoms with Crippen molar-refractivity contribution in [1.82, 2.24) is 9.55 Å². The monoisotopic (exact) mass is 474 g/mol. The lowest BCUT2D eigenvalue weighted by molar-refractivity contribution is -0.141. The summed E-state index contributed by atoms with van der Waals surface area (Å²) < 4.78 is 45.6. The van der Waals surface area contributed by atoms with Crippen LogP contribution in [-0.2, 0) is 28.7 Å². The molecule has 1 aromatic carbocycles. The first-order valence-corrected chi connectivity index (χ1v) is 9.53. The number of hydrogen-bond donors (Lipinski definition) is 1. The number of halogens is 5. The highest BCUT2D eigenvalue weighted by atomic mass is 35.5. The van der Waals surface area contributed by atoms with Crippen molar-refractivity contribution in [3.8, 4) is 0 Å². The molecule has 0 amide bonds. The Kier molecular flexibility index (Phi) is 6.20. The van der Waals surface area contributed by atoms with Gasteiger partial charge in [-0.1, -0.05) is 23.2 Å². The van der Waals surface area contributed by atoms with Crippen LogP contribution in [0, 0.1) is 6.92 Å². The number of alkyl halides is 3. The molecule has 2 aromatic heterocycles. The van der Waals surface area contributed by atoms with Gasteiger partial charge < -0.3 is 14.4 Å². The number of carbonyl (C=O) groups excluding carboxylic acids is 1. The highest BCUT2D eigenvalue weighted by Crippen LogP contribution is 2.35. The third-order valence-corrected chi connectivity index (χ3v) is 5.48. The fourth-order valence-corrected chi connectivity index (χ4v) is 3.82. The molecule has 2 heterocycles. The Morgan fingerprint density at radius 1 is 1.23 bits per heavy atom. The molecule has 0 spiro atoms. The summed E-state index contributed by atoms with van der Waals surface area (Å²) in [6.07, 6.45) is -4.74. The maximum absolute atomic E-state index is 13.2. The average Bonchev–Trinajstić information content (AvgIpc) is 3.01. The van der Waals surface area contributed by atoms with E-state index in [0.717, 1.165) is 10.6 Å². The van der Waals surface area contributed by atoms with Crippen molar-refractivity contribution >= 4 is 46.2 Å². The number of carboxylic acids is 1. The first-order valence-electron chi connectivity index (χ1n) is 8.78. The predicted molar refractivity (Wildman–Crippen MR) is 108 cm³/mol. The summed E-state index contributed by atoms with van der Waals surface area (Å²) in [5.41, 5.74) is -0.299. The summed E-state index contributed by atoms with van der Waals surface area (Å²) in [6, 6.07) is 5.26. The van der Waals surface area contributed by atoms with E-state index in [4.69, 9.17) is 23.2 Å². The normalized spacial score (nSPS) is 11.7. The Bertz CT molecular complexity index is 1210. The van der Waals surface area contributed by atoms with Crippen LogP contribution in [0.1, 0.15) is 32.9 Å². The van der Waals surface area contributed by atoms with E-state index in [-0.39, 0.29) is 33.2 Å². The number of hydrogen-bond acceptors (Lipinski definition) is 4. The number of aliphatic carboxylic acids is 1. The van der Waals surface area contributed by atoms with Crippen LogP contribution >= 0.6 is 23.2 Å². The van der Waals surface area contributed by atoms with Crippen molar-refractivity contribution in [3.05, 3.63) is 62.4 Å². The van der Waals surface area contributed by atoms with E-state index in [1.165, 1.54) is 32.2 Å². The molecule has 0 aliphatic carbocycles. The molecule has 0 unspecified atom stereocenters. The standard InChI is InChI=1S/C20H15Cl2F3N2O4/c1-9-5-15(20(23,24)25)26-18-12(9)6-10(27(18)8-16(28)29)7-13-14(21)4-3-11(17(13)22)19(30)31-2/h3-6H,7-8H2,1-2H3,(H,28,29). The zero-order chi connectivity index (χ0) is 23.1. The number of pyridine rings is 1. The molecule has 0 fully saturated rings. The average molecular weight is 475 g/mol. The van der Waals surface area contributed by atoms with Gasteiger partial charge >= 0.3 is 18.1 Å². The lowest BCUT2D eigenvalue weighted by Crippen LogP contribution is -2.15. The second-order valence-corrected chi connectivity index (χ2v) is 7.52. The van der Waals surface area contributed by atoms with Crippen molar-refractivity contribution in [1.29, 1.82) is 0 Å². The molecule has 1 N–H and O–H groups in total. The number of aromatic nitrogens is 2. The minimum Gasteiger partial charge on any atom is -0.480 e. The first kappa shape index (κ1) is 22.9. The maximum Gasteiger partial charge on any atom is 0.433 e. The van der Waals surface area contributed by atoms with Crippen molar-refractivity contribution in [3.63, 3.8) is 0 Å². The van der Waals surface area contributed by atoms with Gasteiger partial charge in [0.15, 0.2) is 0 Å². The maximum atomic E-state index is 13.2. The first-order chi connectivity index (χ1) is 14.4. The Hall–Kier alpha value is -2.78.